The molecule has 0 bridgehead atoms. The molecule has 8 heteroatoms. The van der Waals surface area contributed by atoms with E-state index < -0.39 is 28.5 Å². The molecule has 0 saturated heterocycles. The molecular formula is C31H37N3O4S. The SMILES string of the molecule is CC[C@@H](C(=O)NC1CCCC1)N(Cc1ccccc1)C(=O)CN(c1ccccc1)S(=O)(=O)c1ccc(C)cc1. The fourth-order valence-corrected chi connectivity index (χ4v) is 6.44. The monoisotopic (exact) mass is 547 g/mol. The fraction of sp³-hybridized carbons (Fsp3) is 0.355. The summed E-state index contributed by atoms with van der Waals surface area (Å²) < 4.78 is 28.8. The summed E-state index contributed by atoms with van der Waals surface area (Å²) in [6.07, 6.45) is 4.44. The van der Waals surface area contributed by atoms with Crippen molar-refractivity contribution in [3.05, 3.63) is 96.1 Å². The molecule has 1 fully saturated rings. The predicted octanol–water partition coefficient (Wildman–Crippen LogP) is 5.06. The van der Waals surface area contributed by atoms with Crippen molar-refractivity contribution in [3.63, 3.8) is 0 Å². The van der Waals surface area contributed by atoms with Gasteiger partial charge in [0.2, 0.25) is 11.8 Å². The number of para-hydroxylation sites is 1. The number of nitrogens with zero attached hydrogens (tertiary/aromatic N) is 2. The number of amides is 2. The van der Waals surface area contributed by atoms with Gasteiger partial charge < -0.3 is 10.2 Å². The molecule has 3 aromatic carbocycles. The van der Waals surface area contributed by atoms with Crippen molar-refractivity contribution in [2.45, 2.75) is 69.5 Å². The van der Waals surface area contributed by atoms with Crippen LogP contribution in [0.25, 0.3) is 0 Å². The Labute approximate surface area is 231 Å². The first-order valence-corrected chi connectivity index (χ1v) is 15.0. The summed E-state index contributed by atoms with van der Waals surface area (Å²) in [7, 11) is -4.06. The average molecular weight is 548 g/mol. The first-order valence-electron chi connectivity index (χ1n) is 13.6. The summed E-state index contributed by atoms with van der Waals surface area (Å²) in [5, 5.41) is 3.13. The van der Waals surface area contributed by atoms with E-state index in [-0.39, 0.29) is 23.4 Å². The van der Waals surface area contributed by atoms with E-state index in [0.29, 0.717) is 12.1 Å². The molecule has 1 atom stereocenters. The molecule has 0 radical (unpaired) electrons. The van der Waals surface area contributed by atoms with Crippen LogP contribution in [0, 0.1) is 6.92 Å². The molecule has 1 aliphatic rings. The summed E-state index contributed by atoms with van der Waals surface area (Å²) in [6, 6.07) is 24.1. The maximum atomic E-state index is 14.0. The Morgan fingerprint density at radius 2 is 1.49 bits per heavy atom. The third kappa shape index (κ3) is 7.06. The Morgan fingerprint density at radius 1 is 0.897 bits per heavy atom. The summed E-state index contributed by atoms with van der Waals surface area (Å²) in [5.41, 5.74) is 2.18. The molecule has 3 aromatic rings. The molecular weight excluding hydrogens is 510 g/mol. The van der Waals surface area contributed by atoms with Gasteiger partial charge >= 0.3 is 0 Å². The van der Waals surface area contributed by atoms with E-state index in [2.05, 4.69) is 5.32 Å². The van der Waals surface area contributed by atoms with E-state index in [0.717, 1.165) is 41.1 Å². The van der Waals surface area contributed by atoms with E-state index in [1.165, 1.54) is 4.90 Å². The number of sulfonamides is 1. The molecule has 0 heterocycles. The van der Waals surface area contributed by atoms with Gasteiger partial charge in [0.05, 0.1) is 10.6 Å². The highest BCUT2D eigenvalue weighted by Crippen LogP contribution is 2.25. The van der Waals surface area contributed by atoms with Crippen LogP contribution in [-0.4, -0.2) is 43.8 Å². The van der Waals surface area contributed by atoms with Crippen LogP contribution in [0.3, 0.4) is 0 Å². The zero-order valence-electron chi connectivity index (χ0n) is 22.6. The minimum atomic E-state index is -4.06. The summed E-state index contributed by atoms with van der Waals surface area (Å²) >= 11 is 0. The molecule has 1 aliphatic carbocycles. The lowest BCUT2D eigenvalue weighted by Gasteiger charge is -2.33. The standard InChI is InChI=1S/C31H37N3O4S/c1-3-29(31(36)32-26-14-10-11-15-26)33(22-25-12-6-4-7-13-25)30(35)23-34(27-16-8-5-9-17-27)39(37,38)28-20-18-24(2)19-21-28/h4-9,12-13,16-21,26,29H,3,10-11,14-15,22-23H2,1-2H3,(H,32,36)/t29-/m0/s1. The Bertz CT molecular complexity index is 1340. The second kappa shape index (κ2) is 12.9. The van der Waals surface area contributed by atoms with Crippen molar-refractivity contribution in [2.75, 3.05) is 10.8 Å². The molecule has 0 unspecified atom stereocenters. The molecule has 1 saturated carbocycles. The van der Waals surface area contributed by atoms with Crippen molar-refractivity contribution >= 4 is 27.5 Å². The van der Waals surface area contributed by atoms with E-state index in [9.17, 15) is 18.0 Å². The number of hydrogen-bond acceptors (Lipinski definition) is 4. The van der Waals surface area contributed by atoms with Gasteiger partial charge in [-0.1, -0.05) is 86.0 Å². The number of carbonyl (C=O) groups excluding carboxylic acids is 2. The minimum absolute atomic E-state index is 0.102. The van der Waals surface area contributed by atoms with Crippen LogP contribution in [-0.2, 0) is 26.2 Å². The number of nitrogens with one attached hydrogen (secondary N) is 1. The van der Waals surface area contributed by atoms with E-state index in [1.807, 2.05) is 44.2 Å². The lowest BCUT2D eigenvalue weighted by atomic mass is 10.1. The van der Waals surface area contributed by atoms with Crippen LogP contribution in [0.1, 0.15) is 50.2 Å². The minimum Gasteiger partial charge on any atom is -0.352 e. The Morgan fingerprint density at radius 3 is 2.08 bits per heavy atom. The van der Waals surface area contributed by atoms with Crippen LogP contribution >= 0.6 is 0 Å². The number of anilines is 1. The average Bonchev–Trinajstić information content (AvgIpc) is 3.45. The lowest BCUT2D eigenvalue weighted by Crippen LogP contribution is -2.53. The molecule has 1 N–H and O–H groups in total. The van der Waals surface area contributed by atoms with Crippen molar-refractivity contribution in [3.8, 4) is 0 Å². The predicted molar refractivity (Wildman–Crippen MR) is 154 cm³/mol. The van der Waals surface area contributed by atoms with Gasteiger partial charge in [-0.3, -0.25) is 13.9 Å². The van der Waals surface area contributed by atoms with E-state index in [1.54, 1.807) is 54.6 Å². The quantitative estimate of drug-likeness (QED) is 0.364. The van der Waals surface area contributed by atoms with Crippen LogP contribution < -0.4 is 9.62 Å². The van der Waals surface area contributed by atoms with E-state index in [4.69, 9.17) is 0 Å². The third-order valence-corrected chi connectivity index (χ3v) is 9.00. The zero-order chi connectivity index (χ0) is 27.8. The van der Waals surface area contributed by atoms with Crippen LogP contribution in [0.2, 0.25) is 0 Å². The van der Waals surface area contributed by atoms with Crippen LogP contribution in [0.15, 0.2) is 89.8 Å². The maximum absolute atomic E-state index is 14.0. The molecule has 2 amide bonds. The highest BCUT2D eigenvalue weighted by molar-refractivity contribution is 7.92. The molecule has 0 spiro atoms. The summed E-state index contributed by atoms with van der Waals surface area (Å²) in [4.78, 5) is 29.1. The Hall–Kier alpha value is -3.65. The first-order chi connectivity index (χ1) is 18.8. The van der Waals surface area contributed by atoms with Crippen molar-refractivity contribution in [2.24, 2.45) is 0 Å². The lowest BCUT2D eigenvalue weighted by molar-refractivity contribution is -0.140. The summed E-state index contributed by atoms with van der Waals surface area (Å²) in [6.45, 7) is 3.53. The van der Waals surface area contributed by atoms with Crippen molar-refractivity contribution in [1.82, 2.24) is 10.2 Å². The van der Waals surface area contributed by atoms with Gasteiger partial charge in [-0.05, 0) is 56.0 Å². The van der Waals surface area contributed by atoms with Gasteiger partial charge in [-0.25, -0.2) is 8.42 Å². The smallest absolute Gasteiger partial charge is 0.264 e. The van der Waals surface area contributed by atoms with Gasteiger partial charge in [0.1, 0.15) is 12.6 Å². The van der Waals surface area contributed by atoms with Gasteiger partial charge in [-0.2, -0.15) is 0 Å². The maximum Gasteiger partial charge on any atom is 0.264 e. The van der Waals surface area contributed by atoms with Crippen LogP contribution in [0.4, 0.5) is 5.69 Å². The Balaban J connectivity index is 1.68. The van der Waals surface area contributed by atoms with Gasteiger partial charge in [0.25, 0.3) is 10.0 Å². The molecule has 39 heavy (non-hydrogen) atoms. The molecule has 4 rings (SSSR count). The van der Waals surface area contributed by atoms with Crippen LogP contribution in [0.5, 0.6) is 0 Å². The second-order valence-electron chi connectivity index (χ2n) is 10.1. The highest BCUT2D eigenvalue weighted by Gasteiger charge is 2.34. The van der Waals surface area contributed by atoms with E-state index >= 15 is 0 Å². The first kappa shape index (κ1) is 28.4. The fourth-order valence-electron chi connectivity index (χ4n) is 5.03. The highest BCUT2D eigenvalue weighted by atomic mass is 32.2. The normalized spacial score (nSPS) is 14.5. The van der Waals surface area contributed by atoms with Gasteiger partial charge in [0.15, 0.2) is 0 Å². The van der Waals surface area contributed by atoms with Gasteiger partial charge in [-0.15, -0.1) is 0 Å². The number of aryl methyl sites for hydroxylation is 1. The van der Waals surface area contributed by atoms with Crippen molar-refractivity contribution in [1.29, 1.82) is 0 Å². The van der Waals surface area contributed by atoms with Crippen molar-refractivity contribution < 1.29 is 18.0 Å². The van der Waals surface area contributed by atoms with Gasteiger partial charge in [0, 0.05) is 12.6 Å². The number of hydrogen-bond donors (Lipinski definition) is 1. The third-order valence-electron chi connectivity index (χ3n) is 7.22. The number of rotatable bonds is 11. The summed E-state index contributed by atoms with van der Waals surface area (Å²) in [5.74, 6) is -0.631. The second-order valence-corrected chi connectivity index (χ2v) is 11.9. The molecule has 0 aliphatic heterocycles. The topological polar surface area (TPSA) is 86.8 Å². The number of benzene rings is 3. The molecule has 0 aromatic heterocycles. The Kier molecular flexibility index (Phi) is 9.41. The molecule has 7 nitrogen and oxygen atoms in total. The number of carbonyl (C=O) groups is 2. The molecule has 206 valence electrons. The zero-order valence-corrected chi connectivity index (χ0v) is 23.4. The largest absolute Gasteiger partial charge is 0.352 e.